The minimum atomic E-state index is -0.627. The number of carbonyl (C=O) groups is 1. The van der Waals surface area contributed by atoms with E-state index < -0.39 is 10.8 Å². The van der Waals surface area contributed by atoms with Gasteiger partial charge in [0.1, 0.15) is 5.69 Å². The normalized spacial score (nSPS) is 10.3. The lowest BCUT2D eigenvalue weighted by molar-refractivity contribution is -0.383. The molecule has 0 spiro atoms. The smallest absolute Gasteiger partial charge is 0.292 e. The summed E-state index contributed by atoms with van der Waals surface area (Å²) in [5.41, 5.74) is 6.11. The van der Waals surface area contributed by atoms with Crippen LogP contribution in [0.25, 0.3) is 0 Å². The quantitative estimate of drug-likeness (QED) is 0.478. The molecule has 0 saturated heterocycles. The van der Waals surface area contributed by atoms with Crippen molar-refractivity contribution in [3.05, 3.63) is 67.1 Å². The van der Waals surface area contributed by atoms with Crippen LogP contribution in [0, 0.1) is 10.1 Å². The Morgan fingerprint density at radius 1 is 1.32 bits per heavy atom. The maximum Gasteiger partial charge on any atom is 0.292 e. The molecule has 0 bridgehead atoms. The van der Waals surface area contributed by atoms with Gasteiger partial charge in [-0.3, -0.25) is 14.9 Å². The molecule has 114 valence electrons. The van der Waals surface area contributed by atoms with Gasteiger partial charge in [0.25, 0.3) is 11.6 Å². The van der Waals surface area contributed by atoms with Crippen molar-refractivity contribution in [2.75, 3.05) is 5.73 Å². The Bertz CT molecular complexity index is 752. The molecule has 0 saturated carbocycles. The van der Waals surface area contributed by atoms with E-state index in [1.54, 1.807) is 18.2 Å². The van der Waals surface area contributed by atoms with Crippen LogP contribution in [-0.2, 0) is 6.54 Å². The van der Waals surface area contributed by atoms with E-state index in [0.29, 0.717) is 5.02 Å². The molecule has 22 heavy (non-hydrogen) atoms. The van der Waals surface area contributed by atoms with Gasteiger partial charge < -0.3 is 11.1 Å². The van der Waals surface area contributed by atoms with E-state index in [0.717, 1.165) is 16.1 Å². The summed E-state index contributed by atoms with van der Waals surface area (Å²) in [6, 6.07) is 9.21. The molecule has 0 unspecified atom stereocenters. The van der Waals surface area contributed by atoms with Crippen molar-refractivity contribution in [1.29, 1.82) is 0 Å². The van der Waals surface area contributed by atoms with Crippen LogP contribution < -0.4 is 11.1 Å². The second-order valence-corrected chi connectivity index (χ2v) is 5.77. The number of nitro benzene ring substituents is 1. The Balaban J connectivity index is 2.12. The van der Waals surface area contributed by atoms with Gasteiger partial charge in [-0.25, -0.2) is 0 Å². The fraction of sp³-hybridized carbons (Fsp3) is 0.0714. The molecule has 0 radical (unpaired) electrons. The number of rotatable bonds is 4. The van der Waals surface area contributed by atoms with E-state index in [1.807, 2.05) is 0 Å². The number of halogens is 2. The van der Waals surface area contributed by atoms with Gasteiger partial charge in [0.2, 0.25) is 0 Å². The zero-order valence-electron chi connectivity index (χ0n) is 11.2. The average molecular weight is 385 g/mol. The van der Waals surface area contributed by atoms with Gasteiger partial charge in [-0.15, -0.1) is 0 Å². The number of nitrogens with two attached hydrogens (primary N) is 1. The van der Waals surface area contributed by atoms with Crippen molar-refractivity contribution in [2.45, 2.75) is 6.54 Å². The number of nitro groups is 1. The molecule has 1 amide bonds. The molecule has 0 heterocycles. The number of amides is 1. The number of carbonyl (C=O) groups excluding carboxylic acids is 1. The van der Waals surface area contributed by atoms with Crippen LogP contribution in [0.2, 0.25) is 5.02 Å². The average Bonchev–Trinajstić information content (AvgIpc) is 2.46. The lowest BCUT2D eigenvalue weighted by atomic mass is 10.1. The van der Waals surface area contributed by atoms with Gasteiger partial charge >= 0.3 is 0 Å². The number of nitrogens with one attached hydrogen (secondary N) is 1. The van der Waals surface area contributed by atoms with Crippen LogP contribution in [0.5, 0.6) is 0 Å². The van der Waals surface area contributed by atoms with Crippen molar-refractivity contribution < 1.29 is 9.72 Å². The second kappa shape index (κ2) is 6.76. The molecule has 6 nitrogen and oxygen atoms in total. The number of hydrogen-bond donors (Lipinski definition) is 2. The van der Waals surface area contributed by atoms with Gasteiger partial charge in [0, 0.05) is 27.7 Å². The predicted octanol–water partition coefficient (Wildman–Crippen LogP) is 3.52. The molecule has 8 heteroatoms. The summed E-state index contributed by atoms with van der Waals surface area (Å²) in [4.78, 5) is 22.3. The SMILES string of the molecule is Nc1ccc(C(=O)NCc2ccc(Br)cc2Cl)cc1[N+](=O)[O-]. The maximum absolute atomic E-state index is 12.1. The summed E-state index contributed by atoms with van der Waals surface area (Å²) in [5, 5.41) is 14.0. The van der Waals surface area contributed by atoms with Crippen molar-refractivity contribution in [2.24, 2.45) is 0 Å². The summed E-state index contributed by atoms with van der Waals surface area (Å²) in [7, 11) is 0. The summed E-state index contributed by atoms with van der Waals surface area (Å²) in [5.74, 6) is -0.443. The van der Waals surface area contributed by atoms with Crippen molar-refractivity contribution in [1.82, 2.24) is 5.32 Å². The zero-order chi connectivity index (χ0) is 16.3. The van der Waals surface area contributed by atoms with E-state index in [4.69, 9.17) is 17.3 Å². The topological polar surface area (TPSA) is 98.3 Å². The molecule has 2 aromatic rings. The van der Waals surface area contributed by atoms with Crippen molar-refractivity contribution in [3.63, 3.8) is 0 Å². The third-order valence-electron chi connectivity index (χ3n) is 2.94. The molecular formula is C14H11BrClN3O3. The van der Waals surface area contributed by atoms with Gasteiger partial charge in [-0.1, -0.05) is 33.6 Å². The Morgan fingerprint density at radius 2 is 2.05 bits per heavy atom. The Labute approximate surface area is 139 Å². The van der Waals surface area contributed by atoms with E-state index in [2.05, 4.69) is 21.2 Å². The first-order chi connectivity index (χ1) is 10.4. The number of anilines is 1. The lowest BCUT2D eigenvalue weighted by Gasteiger charge is -2.08. The summed E-state index contributed by atoms with van der Waals surface area (Å²) >= 11 is 9.35. The zero-order valence-corrected chi connectivity index (χ0v) is 13.5. The summed E-state index contributed by atoms with van der Waals surface area (Å²) in [6.07, 6.45) is 0. The molecular weight excluding hydrogens is 374 g/mol. The molecule has 0 aliphatic rings. The van der Waals surface area contributed by atoms with Crippen LogP contribution in [0.4, 0.5) is 11.4 Å². The molecule has 2 aromatic carbocycles. The summed E-state index contributed by atoms with van der Waals surface area (Å²) < 4.78 is 0.835. The minimum absolute atomic E-state index is 0.0116. The molecule has 0 fully saturated rings. The number of benzene rings is 2. The third-order valence-corrected chi connectivity index (χ3v) is 3.79. The first-order valence-corrected chi connectivity index (χ1v) is 7.31. The van der Waals surface area contributed by atoms with Gasteiger partial charge in [-0.2, -0.15) is 0 Å². The van der Waals surface area contributed by atoms with Crippen molar-refractivity contribution in [3.8, 4) is 0 Å². The minimum Gasteiger partial charge on any atom is -0.393 e. The highest BCUT2D eigenvalue weighted by Gasteiger charge is 2.15. The Kier molecular flexibility index (Phi) is 4.99. The molecule has 3 N–H and O–H groups in total. The molecule has 2 rings (SSSR count). The monoisotopic (exact) mass is 383 g/mol. The number of hydrogen-bond acceptors (Lipinski definition) is 4. The molecule has 0 aliphatic heterocycles. The van der Waals surface area contributed by atoms with Gasteiger partial charge in [0.15, 0.2) is 0 Å². The first-order valence-electron chi connectivity index (χ1n) is 6.14. The van der Waals surface area contributed by atoms with Crippen molar-refractivity contribution >= 4 is 44.8 Å². The van der Waals surface area contributed by atoms with Crippen LogP contribution in [-0.4, -0.2) is 10.8 Å². The predicted molar refractivity (Wildman–Crippen MR) is 87.8 cm³/mol. The third kappa shape index (κ3) is 3.75. The van der Waals surface area contributed by atoms with Crippen LogP contribution in [0.15, 0.2) is 40.9 Å². The Morgan fingerprint density at radius 3 is 2.68 bits per heavy atom. The van der Waals surface area contributed by atoms with E-state index >= 15 is 0 Å². The highest BCUT2D eigenvalue weighted by Crippen LogP contribution is 2.23. The standard InChI is InChI=1S/C14H11BrClN3O3/c15-10-3-1-9(11(16)6-10)7-18-14(20)8-2-4-12(17)13(5-8)19(21)22/h1-6H,7,17H2,(H,18,20). The fourth-order valence-electron chi connectivity index (χ4n) is 1.79. The van der Waals surface area contributed by atoms with Crippen LogP contribution in [0.3, 0.4) is 0 Å². The fourth-order valence-corrected chi connectivity index (χ4v) is 2.53. The van der Waals surface area contributed by atoms with Gasteiger partial charge in [-0.05, 0) is 29.8 Å². The lowest BCUT2D eigenvalue weighted by Crippen LogP contribution is -2.23. The molecule has 0 aromatic heterocycles. The van der Waals surface area contributed by atoms with E-state index in [1.165, 1.54) is 12.1 Å². The largest absolute Gasteiger partial charge is 0.393 e. The second-order valence-electron chi connectivity index (χ2n) is 4.45. The molecule has 0 atom stereocenters. The van der Waals surface area contributed by atoms with Crippen LogP contribution in [0.1, 0.15) is 15.9 Å². The molecule has 0 aliphatic carbocycles. The highest BCUT2D eigenvalue weighted by atomic mass is 79.9. The maximum atomic E-state index is 12.1. The number of nitrogen functional groups attached to an aromatic ring is 1. The highest BCUT2D eigenvalue weighted by molar-refractivity contribution is 9.10. The van der Waals surface area contributed by atoms with E-state index in [-0.39, 0.29) is 23.5 Å². The van der Waals surface area contributed by atoms with E-state index in [9.17, 15) is 14.9 Å². The Hall–Kier alpha value is -2.12. The number of nitrogens with zero attached hydrogens (tertiary/aromatic N) is 1. The van der Waals surface area contributed by atoms with Gasteiger partial charge in [0.05, 0.1) is 4.92 Å². The first kappa shape index (κ1) is 16.3. The van der Waals surface area contributed by atoms with Crippen LogP contribution >= 0.6 is 27.5 Å². The summed E-state index contributed by atoms with van der Waals surface area (Å²) in [6.45, 7) is 0.211.